The Hall–Kier alpha value is -1.14. The summed E-state index contributed by atoms with van der Waals surface area (Å²) in [6, 6.07) is 0. The second kappa shape index (κ2) is 8.03. The number of alkyl halides is 4. The largest absolute Gasteiger partial charge is 0.462 e. The Labute approximate surface area is 97.1 Å². The molecule has 102 valence electrons. The minimum absolute atomic E-state index is 0.00553. The zero-order valence-electron chi connectivity index (χ0n) is 9.94. The molecule has 0 aromatic rings. The van der Waals surface area contributed by atoms with Crippen molar-refractivity contribution < 1.29 is 31.9 Å². The molecule has 0 amide bonds. The Morgan fingerprint density at radius 2 is 1.59 bits per heavy atom. The summed E-state index contributed by atoms with van der Waals surface area (Å²) in [5.74, 6) is -7.84. The van der Waals surface area contributed by atoms with Gasteiger partial charge in [0.2, 0.25) is 0 Å². The third kappa shape index (κ3) is 8.65. The monoisotopic (exact) mass is 260 g/mol. The Balaban J connectivity index is 0. The molecule has 0 aromatic heterocycles. The molecule has 0 aromatic carbocycles. The number of carbonyl (C=O) groups excluding carboxylic acids is 2. The second-order valence-corrected chi connectivity index (χ2v) is 3.01. The highest BCUT2D eigenvalue weighted by atomic mass is 19.3. The van der Waals surface area contributed by atoms with E-state index in [1.54, 1.807) is 0 Å². The molecule has 0 aliphatic heterocycles. The van der Waals surface area contributed by atoms with Gasteiger partial charge in [0.1, 0.15) is 0 Å². The first kappa shape index (κ1) is 18.2. The summed E-state index contributed by atoms with van der Waals surface area (Å²) in [6.45, 7) is 3.98. The first-order chi connectivity index (χ1) is 7.66. The SMILES string of the molecule is CCC(F)(F)C=O.CCOC(=O)C(F)(F)CC. The van der Waals surface area contributed by atoms with Crippen molar-refractivity contribution in [2.24, 2.45) is 0 Å². The van der Waals surface area contributed by atoms with E-state index in [0.29, 0.717) is 0 Å². The predicted molar refractivity (Wildman–Crippen MR) is 53.2 cm³/mol. The van der Waals surface area contributed by atoms with Crippen molar-refractivity contribution in [3.63, 3.8) is 0 Å². The standard InChI is InChI=1S/C6H10F2O2.C4H6F2O/c1-3-6(7,8)5(9)10-4-2;1-2-4(5,6)3-7/h3-4H2,1-2H3;3H,2H2,1H3. The van der Waals surface area contributed by atoms with E-state index in [9.17, 15) is 27.2 Å². The van der Waals surface area contributed by atoms with Gasteiger partial charge >= 0.3 is 17.8 Å². The molecule has 0 spiro atoms. The number of hydrogen-bond acceptors (Lipinski definition) is 3. The topological polar surface area (TPSA) is 43.4 Å². The van der Waals surface area contributed by atoms with Crippen LogP contribution in [0.2, 0.25) is 0 Å². The lowest BCUT2D eigenvalue weighted by molar-refractivity contribution is -0.171. The molecule has 0 rings (SSSR count). The van der Waals surface area contributed by atoms with Crippen molar-refractivity contribution in [1.29, 1.82) is 0 Å². The lowest BCUT2D eigenvalue weighted by Gasteiger charge is -2.10. The predicted octanol–water partition coefficient (Wildman–Crippen LogP) is 2.83. The molecule has 0 saturated carbocycles. The van der Waals surface area contributed by atoms with E-state index >= 15 is 0 Å². The maximum Gasteiger partial charge on any atom is 0.376 e. The van der Waals surface area contributed by atoms with Crippen LogP contribution in [0.5, 0.6) is 0 Å². The van der Waals surface area contributed by atoms with Gasteiger partial charge in [-0.25, -0.2) is 4.79 Å². The van der Waals surface area contributed by atoms with Crippen molar-refractivity contribution in [2.45, 2.75) is 45.5 Å². The van der Waals surface area contributed by atoms with Gasteiger partial charge in [0.15, 0.2) is 6.29 Å². The van der Waals surface area contributed by atoms with Crippen LogP contribution in [0.3, 0.4) is 0 Å². The number of halogens is 4. The van der Waals surface area contributed by atoms with Crippen LogP contribution in [-0.2, 0) is 14.3 Å². The van der Waals surface area contributed by atoms with Crippen LogP contribution in [0.25, 0.3) is 0 Å². The van der Waals surface area contributed by atoms with Gasteiger partial charge in [0.25, 0.3) is 0 Å². The van der Waals surface area contributed by atoms with Crippen LogP contribution in [-0.4, -0.2) is 30.7 Å². The van der Waals surface area contributed by atoms with E-state index in [4.69, 9.17) is 0 Å². The summed E-state index contributed by atoms with van der Waals surface area (Å²) in [5.41, 5.74) is 0. The summed E-state index contributed by atoms with van der Waals surface area (Å²) >= 11 is 0. The second-order valence-electron chi connectivity index (χ2n) is 3.01. The molecule has 0 bridgehead atoms. The smallest absolute Gasteiger partial charge is 0.376 e. The van der Waals surface area contributed by atoms with Gasteiger partial charge in [-0.15, -0.1) is 0 Å². The number of aldehydes is 1. The van der Waals surface area contributed by atoms with Crippen LogP contribution >= 0.6 is 0 Å². The lowest BCUT2D eigenvalue weighted by atomic mass is 10.3. The van der Waals surface area contributed by atoms with E-state index in [1.807, 2.05) is 0 Å². The van der Waals surface area contributed by atoms with E-state index in [-0.39, 0.29) is 12.9 Å². The van der Waals surface area contributed by atoms with E-state index in [0.717, 1.165) is 0 Å². The van der Waals surface area contributed by atoms with Gasteiger partial charge in [0.05, 0.1) is 6.61 Å². The van der Waals surface area contributed by atoms with Crippen molar-refractivity contribution in [3.05, 3.63) is 0 Å². The van der Waals surface area contributed by atoms with Crippen molar-refractivity contribution in [1.82, 2.24) is 0 Å². The Morgan fingerprint density at radius 3 is 1.76 bits per heavy atom. The molecular weight excluding hydrogens is 244 g/mol. The zero-order valence-corrected chi connectivity index (χ0v) is 9.94. The number of rotatable bonds is 5. The van der Waals surface area contributed by atoms with Gasteiger partial charge in [0, 0.05) is 12.8 Å². The van der Waals surface area contributed by atoms with Gasteiger partial charge in [-0.05, 0) is 6.92 Å². The number of carbonyl (C=O) groups is 2. The average Bonchev–Trinajstić information content (AvgIpc) is 2.30. The molecule has 0 radical (unpaired) electrons. The van der Waals surface area contributed by atoms with Crippen LogP contribution in [0.1, 0.15) is 33.6 Å². The third-order valence-corrected chi connectivity index (χ3v) is 1.66. The fraction of sp³-hybridized carbons (Fsp3) is 0.800. The first-order valence-corrected chi connectivity index (χ1v) is 5.06. The molecule has 0 fully saturated rings. The number of esters is 1. The highest BCUT2D eigenvalue weighted by Gasteiger charge is 2.37. The molecule has 3 nitrogen and oxygen atoms in total. The van der Waals surface area contributed by atoms with E-state index in [2.05, 4.69) is 4.74 Å². The Bertz CT molecular complexity index is 242. The highest BCUT2D eigenvalue weighted by Crippen LogP contribution is 2.19. The number of ether oxygens (including phenoxy) is 1. The van der Waals surface area contributed by atoms with Crippen molar-refractivity contribution in [2.75, 3.05) is 6.61 Å². The van der Waals surface area contributed by atoms with Crippen LogP contribution < -0.4 is 0 Å². The molecule has 0 aliphatic carbocycles. The fourth-order valence-corrected chi connectivity index (χ4v) is 0.464. The van der Waals surface area contributed by atoms with Crippen molar-refractivity contribution in [3.8, 4) is 0 Å². The van der Waals surface area contributed by atoms with Gasteiger partial charge in [-0.1, -0.05) is 13.8 Å². The maximum atomic E-state index is 12.3. The average molecular weight is 260 g/mol. The minimum atomic E-state index is -3.31. The molecular formula is C10H16F4O3. The Kier molecular flexibility index (Phi) is 8.61. The maximum absolute atomic E-state index is 12.3. The highest BCUT2D eigenvalue weighted by molar-refractivity contribution is 5.77. The molecule has 0 aliphatic rings. The molecule has 0 atom stereocenters. The fourth-order valence-electron chi connectivity index (χ4n) is 0.464. The van der Waals surface area contributed by atoms with Gasteiger partial charge in [-0.2, -0.15) is 17.6 Å². The van der Waals surface area contributed by atoms with Crippen LogP contribution in [0.4, 0.5) is 17.6 Å². The first-order valence-electron chi connectivity index (χ1n) is 5.06. The molecule has 17 heavy (non-hydrogen) atoms. The van der Waals surface area contributed by atoms with E-state index in [1.165, 1.54) is 20.8 Å². The van der Waals surface area contributed by atoms with Crippen LogP contribution in [0.15, 0.2) is 0 Å². The van der Waals surface area contributed by atoms with E-state index < -0.39 is 30.7 Å². The molecule has 0 heterocycles. The normalized spacial score (nSPS) is 11.2. The summed E-state index contributed by atoms with van der Waals surface area (Å²) in [4.78, 5) is 19.6. The summed E-state index contributed by atoms with van der Waals surface area (Å²) in [7, 11) is 0. The quantitative estimate of drug-likeness (QED) is 0.433. The molecule has 0 unspecified atom stereocenters. The van der Waals surface area contributed by atoms with Crippen LogP contribution in [0, 0.1) is 0 Å². The third-order valence-electron chi connectivity index (χ3n) is 1.66. The summed E-state index contributed by atoms with van der Waals surface area (Å²) < 4.78 is 51.7. The van der Waals surface area contributed by atoms with Crippen molar-refractivity contribution >= 4 is 12.3 Å². The summed E-state index contributed by atoms with van der Waals surface area (Å²) in [5, 5.41) is 0. The number of hydrogen-bond donors (Lipinski definition) is 0. The summed E-state index contributed by atoms with van der Waals surface area (Å²) in [6.07, 6.45) is -1.25. The minimum Gasteiger partial charge on any atom is -0.462 e. The zero-order chi connectivity index (χ0) is 14.1. The molecule has 0 saturated heterocycles. The molecule has 7 heteroatoms. The van der Waals surface area contributed by atoms with Gasteiger partial charge < -0.3 is 4.74 Å². The Morgan fingerprint density at radius 1 is 1.12 bits per heavy atom. The molecule has 0 N–H and O–H groups in total. The lowest BCUT2D eigenvalue weighted by Crippen LogP contribution is -2.29. The van der Waals surface area contributed by atoms with Gasteiger partial charge in [-0.3, -0.25) is 4.79 Å².